The van der Waals surface area contributed by atoms with E-state index in [1.807, 2.05) is 0 Å². The molecular weight excluding hydrogens is 151 g/mol. The molecular formula is C9H17BO2. The van der Waals surface area contributed by atoms with E-state index >= 15 is 0 Å². The van der Waals surface area contributed by atoms with Gasteiger partial charge in [-0.3, -0.25) is 0 Å². The van der Waals surface area contributed by atoms with E-state index in [9.17, 15) is 0 Å². The summed E-state index contributed by atoms with van der Waals surface area (Å²) in [5, 5.41) is 0. The highest BCUT2D eigenvalue weighted by molar-refractivity contribution is 6.11. The van der Waals surface area contributed by atoms with E-state index in [1.54, 1.807) is 7.11 Å². The van der Waals surface area contributed by atoms with Crippen LogP contribution < -0.4 is 0 Å². The van der Waals surface area contributed by atoms with Crippen LogP contribution >= 0.6 is 0 Å². The maximum absolute atomic E-state index is 5.73. The Hall–Kier alpha value is -0.0151. The summed E-state index contributed by atoms with van der Waals surface area (Å²) in [5.41, 5.74) is -0.131. The lowest BCUT2D eigenvalue weighted by Crippen LogP contribution is -2.38. The zero-order valence-electron chi connectivity index (χ0n) is 8.17. The van der Waals surface area contributed by atoms with Crippen molar-refractivity contribution >= 4 is 7.85 Å². The van der Waals surface area contributed by atoms with E-state index in [2.05, 4.69) is 13.8 Å². The van der Waals surface area contributed by atoms with Crippen molar-refractivity contribution in [3.63, 3.8) is 0 Å². The quantitative estimate of drug-likeness (QED) is 0.592. The van der Waals surface area contributed by atoms with Crippen LogP contribution in [0.5, 0.6) is 0 Å². The lowest BCUT2D eigenvalue weighted by molar-refractivity contribution is -0.0815. The number of ether oxygens (including phenoxy) is 2. The van der Waals surface area contributed by atoms with E-state index in [0.717, 1.165) is 12.8 Å². The van der Waals surface area contributed by atoms with E-state index in [0.29, 0.717) is 12.5 Å². The minimum atomic E-state index is -0.131. The Morgan fingerprint density at radius 1 is 1.67 bits per heavy atom. The molecule has 1 rings (SSSR count). The molecule has 1 saturated heterocycles. The summed E-state index contributed by atoms with van der Waals surface area (Å²) in [7, 11) is 7.43. The van der Waals surface area contributed by atoms with Crippen LogP contribution in [0.4, 0.5) is 0 Å². The minimum Gasteiger partial charge on any atom is -0.382 e. The van der Waals surface area contributed by atoms with Gasteiger partial charge in [0.2, 0.25) is 0 Å². The molecule has 12 heavy (non-hydrogen) atoms. The largest absolute Gasteiger partial charge is 0.382 e. The predicted octanol–water partition coefficient (Wildman–Crippen LogP) is 1.33. The molecule has 0 saturated carbocycles. The summed E-state index contributed by atoms with van der Waals surface area (Å²) < 4.78 is 10.9. The van der Waals surface area contributed by atoms with Gasteiger partial charge in [-0.15, -0.1) is 0 Å². The van der Waals surface area contributed by atoms with E-state index in [-0.39, 0.29) is 11.6 Å². The van der Waals surface area contributed by atoms with Gasteiger partial charge in [-0.1, -0.05) is 13.8 Å². The highest BCUT2D eigenvalue weighted by atomic mass is 16.5. The molecule has 3 atom stereocenters. The third-order valence-corrected chi connectivity index (χ3v) is 2.86. The molecule has 0 spiro atoms. The second-order valence-electron chi connectivity index (χ2n) is 3.64. The Kier molecular flexibility index (Phi) is 3.19. The lowest BCUT2D eigenvalue weighted by atomic mass is 9.84. The summed E-state index contributed by atoms with van der Waals surface area (Å²) in [6.45, 7) is 4.95. The summed E-state index contributed by atoms with van der Waals surface area (Å²) in [6, 6.07) is -0.102. The number of hydrogen-bond donors (Lipinski definition) is 0. The fourth-order valence-electron chi connectivity index (χ4n) is 1.98. The molecule has 1 aliphatic heterocycles. The lowest BCUT2D eigenvalue weighted by Gasteiger charge is -2.31. The van der Waals surface area contributed by atoms with E-state index < -0.39 is 0 Å². The van der Waals surface area contributed by atoms with Gasteiger partial charge in [0, 0.05) is 13.1 Å². The average Bonchev–Trinajstić information content (AvgIpc) is 2.28. The van der Waals surface area contributed by atoms with Crippen LogP contribution in [0.15, 0.2) is 0 Å². The van der Waals surface area contributed by atoms with Crippen molar-refractivity contribution in [2.75, 3.05) is 13.7 Å². The molecule has 3 heteroatoms. The van der Waals surface area contributed by atoms with Crippen molar-refractivity contribution in [1.82, 2.24) is 0 Å². The molecule has 0 bridgehead atoms. The van der Waals surface area contributed by atoms with Gasteiger partial charge in [0.05, 0.1) is 12.2 Å². The van der Waals surface area contributed by atoms with Crippen molar-refractivity contribution < 1.29 is 9.47 Å². The van der Waals surface area contributed by atoms with Gasteiger partial charge in [0.25, 0.3) is 0 Å². The third kappa shape index (κ3) is 1.67. The molecule has 68 valence electrons. The monoisotopic (exact) mass is 168 g/mol. The SMILES string of the molecule is [B]C1CC(C)C(CC)(COC)O1. The van der Waals surface area contributed by atoms with Gasteiger partial charge in [-0.05, 0) is 18.8 Å². The Balaban J connectivity index is 2.65. The standard InChI is InChI=1S/C9H17BO2/c1-4-9(6-11-3)7(2)5-8(10)12-9/h7-8H,4-6H2,1-3H3. The fourth-order valence-corrected chi connectivity index (χ4v) is 1.98. The molecule has 0 aromatic heterocycles. The van der Waals surface area contributed by atoms with Crippen LogP contribution in [-0.2, 0) is 9.47 Å². The highest BCUT2D eigenvalue weighted by Crippen LogP contribution is 2.37. The number of methoxy groups -OCH3 is 1. The zero-order chi connectivity index (χ0) is 9.19. The Morgan fingerprint density at radius 3 is 2.67 bits per heavy atom. The molecule has 0 aliphatic carbocycles. The summed E-state index contributed by atoms with van der Waals surface area (Å²) in [6.07, 6.45) is 1.91. The Bertz CT molecular complexity index is 151. The van der Waals surface area contributed by atoms with Crippen molar-refractivity contribution in [3.05, 3.63) is 0 Å². The minimum absolute atomic E-state index is 0.102. The summed E-state index contributed by atoms with van der Waals surface area (Å²) >= 11 is 0. The number of hydrogen-bond acceptors (Lipinski definition) is 2. The molecule has 3 unspecified atom stereocenters. The van der Waals surface area contributed by atoms with Gasteiger partial charge in [0.15, 0.2) is 0 Å². The first-order valence-electron chi connectivity index (χ1n) is 4.57. The maximum Gasteiger partial charge on any atom is 0.109 e. The van der Waals surface area contributed by atoms with Crippen molar-refractivity contribution in [3.8, 4) is 0 Å². The molecule has 0 amide bonds. The smallest absolute Gasteiger partial charge is 0.109 e. The molecule has 0 aromatic rings. The van der Waals surface area contributed by atoms with Crippen LogP contribution in [0, 0.1) is 5.92 Å². The van der Waals surface area contributed by atoms with Gasteiger partial charge in [-0.25, -0.2) is 0 Å². The average molecular weight is 168 g/mol. The van der Waals surface area contributed by atoms with Crippen LogP contribution in [0.25, 0.3) is 0 Å². The van der Waals surface area contributed by atoms with Gasteiger partial charge < -0.3 is 9.47 Å². The Labute approximate surface area is 76.0 Å². The molecule has 0 N–H and O–H groups in total. The molecule has 1 fully saturated rings. The topological polar surface area (TPSA) is 18.5 Å². The second kappa shape index (κ2) is 3.80. The van der Waals surface area contributed by atoms with E-state index in [1.165, 1.54) is 0 Å². The normalized spacial score (nSPS) is 41.9. The van der Waals surface area contributed by atoms with Gasteiger partial charge in [0.1, 0.15) is 7.85 Å². The first-order chi connectivity index (χ1) is 5.64. The predicted molar refractivity (Wildman–Crippen MR) is 49.3 cm³/mol. The molecule has 1 aliphatic rings. The van der Waals surface area contributed by atoms with Gasteiger partial charge >= 0.3 is 0 Å². The van der Waals surface area contributed by atoms with Crippen LogP contribution in [0.2, 0.25) is 0 Å². The molecule has 2 radical (unpaired) electrons. The maximum atomic E-state index is 5.73. The van der Waals surface area contributed by atoms with Crippen LogP contribution in [0.3, 0.4) is 0 Å². The van der Waals surface area contributed by atoms with Crippen LogP contribution in [0.1, 0.15) is 26.7 Å². The molecule has 0 aromatic carbocycles. The highest BCUT2D eigenvalue weighted by Gasteiger charge is 2.42. The summed E-state index contributed by atoms with van der Waals surface area (Å²) in [5.74, 6) is 0.498. The summed E-state index contributed by atoms with van der Waals surface area (Å²) in [4.78, 5) is 0. The first-order valence-corrected chi connectivity index (χ1v) is 4.57. The van der Waals surface area contributed by atoms with Crippen molar-refractivity contribution in [2.45, 2.75) is 38.3 Å². The number of rotatable bonds is 3. The zero-order valence-corrected chi connectivity index (χ0v) is 8.17. The van der Waals surface area contributed by atoms with Gasteiger partial charge in [-0.2, -0.15) is 0 Å². The van der Waals surface area contributed by atoms with Crippen molar-refractivity contribution in [1.29, 1.82) is 0 Å². The third-order valence-electron chi connectivity index (χ3n) is 2.86. The fraction of sp³-hybridized carbons (Fsp3) is 1.00. The second-order valence-corrected chi connectivity index (χ2v) is 3.64. The first kappa shape index (κ1) is 10.1. The van der Waals surface area contributed by atoms with Crippen LogP contribution in [-0.4, -0.2) is 33.2 Å². The molecule has 2 nitrogen and oxygen atoms in total. The Morgan fingerprint density at radius 2 is 2.33 bits per heavy atom. The van der Waals surface area contributed by atoms with E-state index in [4.69, 9.17) is 17.3 Å². The molecule has 1 heterocycles. The van der Waals surface area contributed by atoms with Crippen molar-refractivity contribution in [2.24, 2.45) is 5.92 Å².